The summed E-state index contributed by atoms with van der Waals surface area (Å²) >= 11 is 0. The quantitative estimate of drug-likeness (QED) is 0.717. The van der Waals surface area contributed by atoms with Gasteiger partial charge in [0.25, 0.3) is 0 Å². The number of hydrogen-bond donors (Lipinski definition) is 2. The Balaban J connectivity index is 2.03. The number of pyridine rings is 1. The number of nitrogens with zero attached hydrogens (tertiary/aromatic N) is 1. The molecule has 1 aromatic rings. The maximum absolute atomic E-state index is 11.6. The standard InChI is InChI=1S/C10H13N3O/c1-7-4-11-3-2-9(7)13-10(14)8-5-12-6-8/h2-4,8,12H,5-6H2,1H3,(H,11,13,14). The number of aromatic nitrogens is 1. The Bertz CT molecular complexity index is 347. The van der Waals surface area contributed by atoms with E-state index in [1.807, 2.05) is 13.0 Å². The molecule has 1 saturated heterocycles. The van der Waals surface area contributed by atoms with E-state index in [1.165, 1.54) is 0 Å². The largest absolute Gasteiger partial charge is 0.325 e. The van der Waals surface area contributed by atoms with Crippen molar-refractivity contribution in [2.75, 3.05) is 18.4 Å². The minimum atomic E-state index is 0.0954. The van der Waals surface area contributed by atoms with Crippen LogP contribution in [-0.4, -0.2) is 24.0 Å². The first-order valence-corrected chi connectivity index (χ1v) is 4.69. The van der Waals surface area contributed by atoms with Gasteiger partial charge in [-0.25, -0.2) is 0 Å². The molecule has 0 atom stereocenters. The van der Waals surface area contributed by atoms with Gasteiger partial charge < -0.3 is 10.6 Å². The maximum atomic E-state index is 11.6. The Morgan fingerprint density at radius 2 is 2.43 bits per heavy atom. The molecule has 0 spiro atoms. The Hall–Kier alpha value is -1.42. The molecule has 2 N–H and O–H groups in total. The van der Waals surface area contributed by atoms with E-state index in [9.17, 15) is 4.79 Å². The van der Waals surface area contributed by atoms with Crippen LogP contribution < -0.4 is 10.6 Å². The monoisotopic (exact) mass is 191 g/mol. The van der Waals surface area contributed by atoms with Crippen LogP contribution in [0.2, 0.25) is 0 Å². The highest BCUT2D eigenvalue weighted by atomic mass is 16.2. The fraction of sp³-hybridized carbons (Fsp3) is 0.400. The number of carbonyl (C=O) groups is 1. The summed E-state index contributed by atoms with van der Waals surface area (Å²) in [5.41, 5.74) is 1.85. The van der Waals surface area contributed by atoms with E-state index in [1.54, 1.807) is 12.4 Å². The van der Waals surface area contributed by atoms with Crippen LogP contribution in [0.1, 0.15) is 5.56 Å². The van der Waals surface area contributed by atoms with Crippen molar-refractivity contribution in [3.8, 4) is 0 Å². The molecule has 1 aliphatic heterocycles. The number of nitrogens with one attached hydrogen (secondary N) is 2. The Labute approximate surface area is 82.7 Å². The number of amides is 1. The van der Waals surface area contributed by atoms with Crippen LogP contribution in [0.25, 0.3) is 0 Å². The molecule has 1 amide bonds. The highest BCUT2D eigenvalue weighted by Crippen LogP contribution is 2.14. The smallest absolute Gasteiger partial charge is 0.230 e. The average Bonchev–Trinajstić information content (AvgIpc) is 2.05. The van der Waals surface area contributed by atoms with Crippen molar-refractivity contribution >= 4 is 11.6 Å². The highest BCUT2D eigenvalue weighted by molar-refractivity contribution is 5.93. The van der Waals surface area contributed by atoms with Gasteiger partial charge in [0.05, 0.1) is 5.92 Å². The molecule has 1 fully saturated rings. The molecule has 0 radical (unpaired) electrons. The van der Waals surface area contributed by atoms with E-state index in [0.717, 1.165) is 24.3 Å². The predicted molar refractivity (Wildman–Crippen MR) is 54.0 cm³/mol. The predicted octanol–water partition coefficient (Wildman–Crippen LogP) is 0.548. The minimum Gasteiger partial charge on any atom is -0.325 e. The van der Waals surface area contributed by atoms with Crippen molar-refractivity contribution in [3.05, 3.63) is 24.0 Å². The van der Waals surface area contributed by atoms with E-state index in [-0.39, 0.29) is 11.8 Å². The van der Waals surface area contributed by atoms with Crippen LogP contribution >= 0.6 is 0 Å². The molecule has 0 unspecified atom stereocenters. The lowest BCUT2D eigenvalue weighted by molar-refractivity contribution is -0.121. The van der Waals surface area contributed by atoms with Crippen LogP contribution in [0.5, 0.6) is 0 Å². The van der Waals surface area contributed by atoms with Crippen LogP contribution in [-0.2, 0) is 4.79 Å². The van der Waals surface area contributed by atoms with Crippen molar-refractivity contribution in [2.24, 2.45) is 5.92 Å². The second kappa shape index (κ2) is 3.75. The molecule has 0 bridgehead atoms. The van der Waals surface area contributed by atoms with Gasteiger partial charge in [0.1, 0.15) is 0 Å². The van der Waals surface area contributed by atoms with E-state index in [0.29, 0.717) is 0 Å². The lowest BCUT2D eigenvalue weighted by Crippen LogP contribution is -2.48. The van der Waals surface area contributed by atoms with Gasteiger partial charge in [-0.1, -0.05) is 0 Å². The highest BCUT2D eigenvalue weighted by Gasteiger charge is 2.24. The summed E-state index contributed by atoms with van der Waals surface area (Å²) < 4.78 is 0. The van der Waals surface area contributed by atoms with Gasteiger partial charge in [0, 0.05) is 31.2 Å². The third-order valence-electron chi connectivity index (χ3n) is 2.43. The molecule has 74 valence electrons. The average molecular weight is 191 g/mol. The molecule has 1 aromatic heterocycles. The first-order chi connectivity index (χ1) is 6.77. The van der Waals surface area contributed by atoms with Crippen molar-refractivity contribution < 1.29 is 4.79 Å². The number of rotatable bonds is 2. The first-order valence-electron chi connectivity index (χ1n) is 4.69. The number of anilines is 1. The zero-order valence-corrected chi connectivity index (χ0v) is 8.08. The summed E-state index contributed by atoms with van der Waals surface area (Å²) in [5.74, 6) is 0.223. The number of aryl methyl sites for hydroxylation is 1. The summed E-state index contributed by atoms with van der Waals surface area (Å²) in [7, 11) is 0. The molecular formula is C10H13N3O. The summed E-state index contributed by atoms with van der Waals surface area (Å²) in [6, 6.07) is 1.82. The second-order valence-corrected chi connectivity index (χ2v) is 3.54. The molecule has 0 saturated carbocycles. The van der Waals surface area contributed by atoms with Crippen LogP contribution in [0, 0.1) is 12.8 Å². The third-order valence-corrected chi connectivity index (χ3v) is 2.43. The summed E-state index contributed by atoms with van der Waals surface area (Å²) in [6.45, 7) is 3.51. The summed E-state index contributed by atoms with van der Waals surface area (Å²) in [4.78, 5) is 15.5. The molecule has 14 heavy (non-hydrogen) atoms. The minimum absolute atomic E-state index is 0.0954. The third kappa shape index (κ3) is 1.75. The van der Waals surface area contributed by atoms with Crippen molar-refractivity contribution in [2.45, 2.75) is 6.92 Å². The molecule has 1 aliphatic rings. The Kier molecular flexibility index (Phi) is 2.45. The van der Waals surface area contributed by atoms with Crippen LogP contribution in [0.15, 0.2) is 18.5 Å². The zero-order valence-electron chi connectivity index (χ0n) is 8.08. The van der Waals surface area contributed by atoms with Gasteiger partial charge in [0.15, 0.2) is 0 Å². The van der Waals surface area contributed by atoms with Crippen molar-refractivity contribution in [1.29, 1.82) is 0 Å². The van der Waals surface area contributed by atoms with E-state index in [4.69, 9.17) is 0 Å². The van der Waals surface area contributed by atoms with Crippen LogP contribution in [0.4, 0.5) is 5.69 Å². The first kappa shape index (κ1) is 9.15. The van der Waals surface area contributed by atoms with Crippen molar-refractivity contribution in [3.63, 3.8) is 0 Å². The number of carbonyl (C=O) groups excluding carboxylic acids is 1. The Morgan fingerprint density at radius 3 is 3.00 bits per heavy atom. The molecule has 2 heterocycles. The van der Waals surface area contributed by atoms with Crippen molar-refractivity contribution in [1.82, 2.24) is 10.3 Å². The van der Waals surface area contributed by atoms with E-state index < -0.39 is 0 Å². The molecule has 0 aromatic carbocycles. The van der Waals surface area contributed by atoms with Gasteiger partial charge in [-0.2, -0.15) is 0 Å². The van der Waals surface area contributed by atoms with E-state index >= 15 is 0 Å². The lowest BCUT2D eigenvalue weighted by atomic mass is 10.0. The maximum Gasteiger partial charge on any atom is 0.230 e. The second-order valence-electron chi connectivity index (χ2n) is 3.54. The fourth-order valence-electron chi connectivity index (χ4n) is 1.32. The molecule has 0 aliphatic carbocycles. The molecule has 4 heteroatoms. The molecule has 2 rings (SSSR count). The van der Waals surface area contributed by atoms with Gasteiger partial charge in [-0.3, -0.25) is 9.78 Å². The fourth-order valence-corrected chi connectivity index (χ4v) is 1.32. The van der Waals surface area contributed by atoms with Gasteiger partial charge in [0.2, 0.25) is 5.91 Å². The van der Waals surface area contributed by atoms with Crippen LogP contribution in [0.3, 0.4) is 0 Å². The topological polar surface area (TPSA) is 54.0 Å². The van der Waals surface area contributed by atoms with E-state index in [2.05, 4.69) is 15.6 Å². The lowest BCUT2D eigenvalue weighted by Gasteiger charge is -2.26. The van der Waals surface area contributed by atoms with Gasteiger partial charge >= 0.3 is 0 Å². The zero-order chi connectivity index (χ0) is 9.97. The summed E-state index contributed by atoms with van der Waals surface area (Å²) in [6.07, 6.45) is 3.43. The summed E-state index contributed by atoms with van der Waals surface area (Å²) in [5, 5.41) is 5.96. The molecular weight excluding hydrogens is 178 g/mol. The Morgan fingerprint density at radius 1 is 1.64 bits per heavy atom. The molecule has 4 nitrogen and oxygen atoms in total. The number of hydrogen-bond acceptors (Lipinski definition) is 3. The van der Waals surface area contributed by atoms with Gasteiger partial charge in [-0.15, -0.1) is 0 Å². The SMILES string of the molecule is Cc1cnccc1NC(=O)C1CNC1. The van der Waals surface area contributed by atoms with Gasteiger partial charge in [-0.05, 0) is 18.6 Å². The normalized spacial score (nSPS) is 16.1.